The molecule has 0 aliphatic carbocycles. The predicted molar refractivity (Wildman–Crippen MR) is 80.9 cm³/mol. The van der Waals surface area contributed by atoms with Crippen molar-refractivity contribution in [3.8, 4) is 0 Å². The van der Waals surface area contributed by atoms with Gasteiger partial charge in [-0.1, -0.05) is 18.2 Å². The van der Waals surface area contributed by atoms with Gasteiger partial charge in [0.15, 0.2) is 9.84 Å². The van der Waals surface area contributed by atoms with Crippen molar-refractivity contribution in [2.75, 3.05) is 6.26 Å². The minimum atomic E-state index is -3.31. The molecule has 2 aromatic carbocycles. The highest BCUT2D eigenvalue weighted by molar-refractivity contribution is 7.90. The van der Waals surface area contributed by atoms with E-state index in [1.165, 1.54) is 24.3 Å². The number of amides is 2. The zero-order valence-corrected chi connectivity index (χ0v) is 12.6. The van der Waals surface area contributed by atoms with E-state index >= 15 is 0 Å². The largest absolute Gasteiger partial charge is 0.269 e. The van der Waals surface area contributed by atoms with Gasteiger partial charge >= 0.3 is 0 Å². The molecule has 7 heteroatoms. The van der Waals surface area contributed by atoms with Crippen LogP contribution < -0.4 is 10.9 Å². The molecule has 0 atom stereocenters. The van der Waals surface area contributed by atoms with Gasteiger partial charge in [-0.25, -0.2) is 8.42 Å². The third-order valence-electron chi connectivity index (χ3n) is 2.87. The molecule has 0 saturated heterocycles. The first kappa shape index (κ1) is 15.7. The lowest BCUT2D eigenvalue weighted by Gasteiger charge is -2.07. The maximum atomic E-state index is 11.9. The van der Waals surface area contributed by atoms with Crippen LogP contribution in [0.2, 0.25) is 0 Å². The minimum Gasteiger partial charge on any atom is -0.267 e. The van der Waals surface area contributed by atoms with Crippen molar-refractivity contribution in [3.05, 3.63) is 65.7 Å². The molecule has 0 saturated carbocycles. The van der Waals surface area contributed by atoms with Gasteiger partial charge in [0, 0.05) is 17.4 Å². The van der Waals surface area contributed by atoms with Crippen molar-refractivity contribution in [3.63, 3.8) is 0 Å². The van der Waals surface area contributed by atoms with Gasteiger partial charge in [-0.05, 0) is 36.4 Å². The van der Waals surface area contributed by atoms with Gasteiger partial charge in [-0.2, -0.15) is 0 Å². The second-order valence-electron chi connectivity index (χ2n) is 4.57. The number of hydrogen-bond donors (Lipinski definition) is 2. The molecule has 0 aliphatic heterocycles. The summed E-state index contributed by atoms with van der Waals surface area (Å²) in [4.78, 5) is 23.7. The fourth-order valence-corrected chi connectivity index (χ4v) is 2.33. The topological polar surface area (TPSA) is 92.3 Å². The number of rotatable bonds is 3. The summed E-state index contributed by atoms with van der Waals surface area (Å²) < 4.78 is 22.7. The summed E-state index contributed by atoms with van der Waals surface area (Å²) in [5, 5.41) is 0. The Kier molecular flexibility index (Phi) is 4.57. The SMILES string of the molecule is CS(=O)(=O)c1ccc(C(=O)NNC(=O)c2ccccc2)cc1. The van der Waals surface area contributed by atoms with Gasteiger partial charge in [0.2, 0.25) is 0 Å². The van der Waals surface area contributed by atoms with E-state index in [1.54, 1.807) is 30.3 Å². The lowest BCUT2D eigenvalue weighted by atomic mass is 10.2. The van der Waals surface area contributed by atoms with Crippen LogP contribution in [-0.2, 0) is 9.84 Å². The second kappa shape index (κ2) is 6.40. The highest BCUT2D eigenvalue weighted by atomic mass is 32.2. The van der Waals surface area contributed by atoms with Crippen LogP contribution in [-0.4, -0.2) is 26.5 Å². The van der Waals surface area contributed by atoms with Crippen molar-refractivity contribution in [1.29, 1.82) is 0 Å². The van der Waals surface area contributed by atoms with E-state index in [-0.39, 0.29) is 10.5 Å². The molecule has 114 valence electrons. The fourth-order valence-electron chi connectivity index (χ4n) is 1.70. The third-order valence-corrected chi connectivity index (χ3v) is 4.00. The fraction of sp³-hybridized carbons (Fsp3) is 0.0667. The molecule has 6 nitrogen and oxygen atoms in total. The van der Waals surface area contributed by atoms with Crippen LogP contribution in [0.4, 0.5) is 0 Å². The first-order chi connectivity index (χ1) is 10.4. The van der Waals surface area contributed by atoms with E-state index in [0.29, 0.717) is 5.56 Å². The van der Waals surface area contributed by atoms with E-state index in [4.69, 9.17) is 0 Å². The Morgan fingerprint density at radius 3 is 1.68 bits per heavy atom. The van der Waals surface area contributed by atoms with E-state index in [1.807, 2.05) is 0 Å². The zero-order valence-electron chi connectivity index (χ0n) is 11.7. The quantitative estimate of drug-likeness (QED) is 0.831. The molecule has 22 heavy (non-hydrogen) atoms. The molecule has 0 unspecified atom stereocenters. The highest BCUT2D eigenvalue weighted by Crippen LogP contribution is 2.10. The lowest BCUT2D eigenvalue weighted by molar-refractivity contribution is 0.0846. The Balaban J connectivity index is 2.00. The van der Waals surface area contributed by atoms with Gasteiger partial charge in [-0.3, -0.25) is 20.4 Å². The van der Waals surface area contributed by atoms with Crippen LogP contribution in [0.5, 0.6) is 0 Å². The molecule has 2 N–H and O–H groups in total. The van der Waals surface area contributed by atoms with Crippen LogP contribution in [0, 0.1) is 0 Å². The molecule has 0 aliphatic rings. The van der Waals surface area contributed by atoms with Crippen molar-refractivity contribution >= 4 is 21.7 Å². The summed E-state index contributed by atoms with van der Waals surface area (Å²) in [7, 11) is -3.31. The molecule has 2 rings (SSSR count). The first-order valence-corrected chi connectivity index (χ1v) is 8.23. The number of hydrogen-bond acceptors (Lipinski definition) is 4. The summed E-state index contributed by atoms with van der Waals surface area (Å²) in [6.07, 6.45) is 1.09. The number of hydrazine groups is 1. The molecule has 0 heterocycles. The van der Waals surface area contributed by atoms with Gasteiger partial charge in [-0.15, -0.1) is 0 Å². The summed E-state index contributed by atoms with van der Waals surface area (Å²) in [6.45, 7) is 0. The van der Waals surface area contributed by atoms with Crippen molar-refractivity contribution < 1.29 is 18.0 Å². The minimum absolute atomic E-state index is 0.123. The van der Waals surface area contributed by atoms with Gasteiger partial charge in [0.25, 0.3) is 11.8 Å². The Morgan fingerprint density at radius 2 is 1.23 bits per heavy atom. The number of carbonyl (C=O) groups is 2. The van der Waals surface area contributed by atoms with E-state index in [2.05, 4.69) is 10.9 Å². The number of carbonyl (C=O) groups excluding carboxylic acids is 2. The zero-order chi connectivity index (χ0) is 16.2. The monoisotopic (exact) mass is 318 g/mol. The number of nitrogens with one attached hydrogen (secondary N) is 2. The van der Waals surface area contributed by atoms with Crippen LogP contribution in [0.25, 0.3) is 0 Å². The Hall–Kier alpha value is -2.67. The molecule has 0 spiro atoms. The van der Waals surface area contributed by atoms with Crippen LogP contribution in [0.3, 0.4) is 0 Å². The van der Waals surface area contributed by atoms with Crippen molar-refractivity contribution in [2.24, 2.45) is 0 Å². The predicted octanol–water partition coefficient (Wildman–Crippen LogP) is 1.16. The lowest BCUT2D eigenvalue weighted by Crippen LogP contribution is -2.41. The highest BCUT2D eigenvalue weighted by Gasteiger charge is 2.11. The Labute approximate surface area is 128 Å². The van der Waals surface area contributed by atoms with Crippen LogP contribution in [0.15, 0.2) is 59.5 Å². The normalized spacial score (nSPS) is 10.8. The summed E-state index contributed by atoms with van der Waals surface area (Å²) in [6, 6.07) is 13.8. The average molecular weight is 318 g/mol. The molecule has 0 radical (unpaired) electrons. The number of benzene rings is 2. The number of sulfone groups is 1. The van der Waals surface area contributed by atoms with E-state index in [0.717, 1.165) is 6.26 Å². The van der Waals surface area contributed by atoms with Crippen molar-refractivity contribution in [1.82, 2.24) is 10.9 Å². The Bertz CT molecular complexity index is 784. The second-order valence-corrected chi connectivity index (χ2v) is 6.59. The van der Waals surface area contributed by atoms with Gasteiger partial charge in [0.1, 0.15) is 0 Å². The maximum Gasteiger partial charge on any atom is 0.269 e. The van der Waals surface area contributed by atoms with Crippen LogP contribution in [0.1, 0.15) is 20.7 Å². The first-order valence-electron chi connectivity index (χ1n) is 6.34. The van der Waals surface area contributed by atoms with Crippen LogP contribution >= 0.6 is 0 Å². The maximum absolute atomic E-state index is 11.9. The summed E-state index contributed by atoms with van der Waals surface area (Å²) in [5.74, 6) is -0.981. The molecule has 2 amide bonds. The van der Waals surface area contributed by atoms with E-state index in [9.17, 15) is 18.0 Å². The molecule has 0 aromatic heterocycles. The van der Waals surface area contributed by atoms with Crippen molar-refractivity contribution in [2.45, 2.75) is 4.90 Å². The molecular formula is C15H14N2O4S. The summed E-state index contributed by atoms with van der Waals surface area (Å²) in [5.41, 5.74) is 5.20. The molecule has 0 fully saturated rings. The Morgan fingerprint density at radius 1 is 0.773 bits per heavy atom. The summed E-state index contributed by atoms with van der Waals surface area (Å²) >= 11 is 0. The standard InChI is InChI=1S/C15H14N2O4S/c1-22(20,21)13-9-7-12(8-10-13)15(19)17-16-14(18)11-5-3-2-4-6-11/h2-10H,1H3,(H,16,18)(H,17,19). The average Bonchev–Trinajstić information content (AvgIpc) is 2.52. The molecule has 2 aromatic rings. The van der Waals surface area contributed by atoms with E-state index < -0.39 is 21.7 Å². The van der Waals surface area contributed by atoms with Gasteiger partial charge < -0.3 is 0 Å². The molecule has 0 bridgehead atoms. The smallest absolute Gasteiger partial charge is 0.267 e. The third kappa shape index (κ3) is 3.92. The van der Waals surface area contributed by atoms with Gasteiger partial charge in [0.05, 0.1) is 4.90 Å². The molecular weight excluding hydrogens is 304 g/mol.